The first kappa shape index (κ1) is 20.5. The number of anilines is 2. The van der Waals surface area contributed by atoms with Crippen molar-refractivity contribution in [3.63, 3.8) is 0 Å². The Morgan fingerprint density at radius 3 is 2.72 bits per heavy atom. The minimum absolute atomic E-state index is 0.00383. The van der Waals surface area contributed by atoms with E-state index in [1.807, 2.05) is 0 Å². The summed E-state index contributed by atoms with van der Waals surface area (Å²) in [5.41, 5.74) is -1.88. The zero-order valence-corrected chi connectivity index (χ0v) is 15.0. The summed E-state index contributed by atoms with van der Waals surface area (Å²) in [6.07, 6.45) is -5.04. The van der Waals surface area contributed by atoms with Gasteiger partial charge in [-0.15, -0.1) is 0 Å². The lowest BCUT2D eigenvalue weighted by molar-refractivity contribution is -0.137. The molecule has 3 heterocycles. The molecule has 0 aliphatic carbocycles. The fraction of sp³-hybridized carbons (Fsp3) is 0.333. The number of halogens is 4. The van der Waals surface area contributed by atoms with E-state index in [4.69, 9.17) is 0 Å². The fourth-order valence-electron chi connectivity index (χ4n) is 3.18. The molecule has 1 aliphatic rings. The number of aryl methyl sites for hydroxylation is 1. The quantitative estimate of drug-likeness (QED) is 0.755. The molecule has 0 saturated carbocycles. The molecule has 0 bridgehead atoms. The second-order valence-corrected chi connectivity index (χ2v) is 6.46. The van der Waals surface area contributed by atoms with E-state index in [2.05, 4.69) is 15.3 Å². The number of carbonyl (C=O) groups is 1. The van der Waals surface area contributed by atoms with Gasteiger partial charge in [0.2, 0.25) is 0 Å². The predicted octanol–water partition coefficient (Wildman–Crippen LogP) is 2.39. The van der Waals surface area contributed by atoms with Gasteiger partial charge in [0.1, 0.15) is 35.1 Å². The molecule has 7 nitrogen and oxygen atoms in total. The third-order valence-corrected chi connectivity index (χ3v) is 4.43. The Balaban J connectivity index is 1.99. The van der Waals surface area contributed by atoms with Crippen molar-refractivity contribution >= 4 is 17.5 Å². The summed E-state index contributed by atoms with van der Waals surface area (Å²) in [7, 11) is 0. The number of nitrogens with one attached hydrogen (secondary N) is 1. The third-order valence-electron chi connectivity index (χ3n) is 4.43. The Hall–Kier alpha value is -3.26. The van der Waals surface area contributed by atoms with E-state index in [0.717, 1.165) is 18.3 Å². The number of hydrogen-bond donors (Lipinski definition) is 2. The van der Waals surface area contributed by atoms with Gasteiger partial charge in [-0.05, 0) is 31.5 Å². The van der Waals surface area contributed by atoms with Gasteiger partial charge in [-0.25, -0.2) is 14.4 Å². The molecule has 2 aromatic rings. The van der Waals surface area contributed by atoms with Crippen LogP contribution in [0.4, 0.5) is 29.2 Å². The maximum absolute atomic E-state index is 13.4. The molecule has 2 N–H and O–H groups in total. The van der Waals surface area contributed by atoms with Crippen LogP contribution in [0.25, 0.3) is 0 Å². The average molecular weight is 409 g/mol. The second kappa shape index (κ2) is 7.63. The predicted molar refractivity (Wildman–Crippen MR) is 93.3 cm³/mol. The maximum Gasteiger partial charge on any atom is 0.417 e. The van der Waals surface area contributed by atoms with Crippen LogP contribution in [0, 0.1) is 24.1 Å². The Kier molecular flexibility index (Phi) is 5.39. The Labute approximate surface area is 162 Å². The van der Waals surface area contributed by atoms with Crippen molar-refractivity contribution in [3.05, 3.63) is 47.0 Å². The van der Waals surface area contributed by atoms with Gasteiger partial charge >= 0.3 is 6.18 Å². The summed E-state index contributed by atoms with van der Waals surface area (Å²) in [5, 5.41) is 22.0. The summed E-state index contributed by atoms with van der Waals surface area (Å²) in [6.45, 7) is 1.35. The molecule has 1 aliphatic heterocycles. The van der Waals surface area contributed by atoms with Gasteiger partial charge in [-0.2, -0.15) is 18.4 Å². The number of hydrogen-bond acceptors (Lipinski definition) is 6. The molecule has 11 heteroatoms. The maximum atomic E-state index is 13.4. The molecular weight excluding hydrogens is 394 g/mol. The number of aromatic nitrogens is 2. The van der Waals surface area contributed by atoms with E-state index >= 15 is 0 Å². The van der Waals surface area contributed by atoms with Crippen LogP contribution < -0.4 is 10.2 Å². The van der Waals surface area contributed by atoms with Crippen molar-refractivity contribution in [1.29, 1.82) is 5.26 Å². The number of alkyl halides is 3. The Morgan fingerprint density at radius 1 is 1.41 bits per heavy atom. The van der Waals surface area contributed by atoms with Crippen LogP contribution in [0.3, 0.4) is 0 Å². The van der Waals surface area contributed by atoms with Crippen molar-refractivity contribution in [2.24, 2.45) is 0 Å². The lowest BCUT2D eigenvalue weighted by Crippen LogP contribution is -2.46. The molecule has 0 radical (unpaired) electrons. The SMILES string of the molecule is Cc1cc(C(F)(F)F)c(C#N)c(N2CC[C@H](O)[C@H]2C(=O)Nc2ccc(F)cn2)n1. The molecule has 29 heavy (non-hydrogen) atoms. The number of amides is 1. The number of nitrogens with zero attached hydrogens (tertiary/aromatic N) is 4. The van der Waals surface area contributed by atoms with Crippen LogP contribution in [0.1, 0.15) is 23.2 Å². The number of aliphatic hydroxyl groups is 1. The van der Waals surface area contributed by atoms with E-state index in [-0.39, 0.29) is 30.3 Å². The van der Waals surface area contributed by atoms with Crippen LogP contribution >= 0.6 is 0 Å². The number of aliphatic hydroxyl groups excluding tert-OH is 1. The van der Waals surface area contributed by atoms with Gasteiger partial charge < -0.3 is 15.3 Å². The van der Waals surface area contributed by atoms with Crippen LogP contribution in [0.5, 0.6) is 0 Å². The fourth-order valence-corrected chi connectivity index (χ4v) is 3.18. The van der Waals surface area contributed by atoms with Crippen LogP contribution in [0.15, 0.2) is 24.4 Å². The normalized spacial score (nSPS) is 19.1. The summed E-state index contributed by atoms with van der Waals surface area (Å²) < 4.78 is 53.1. The highest BCUT2D eigenvalue weighted by Gasteiger charge is 2.43. The molecular formula is C18H15F4N5O2. The lowest BCUT2D eigenvalue weighted by Gasteiger charge is -2.28. The first-order chi connectivity index (χ1) is 13.6. The average Bonchev–Trinajstić information content (AvgIpc) is 3.03. The zero-order chi connectivity index (χ0) is 21.3. The van der Waals surface area contributed by atoms with Gasteiger partial charge in [0.25, 0.3) is 5.91 Å². The van der Waals surface area contributed by atoms with Crippen molar-refractivity contribution < 1.29 is 27.5 Å². The summed E-state index contributed by atoms with van der Waals surface area (Å²) in [5.74, 6) is -1.71. The van der Waals surface area contributed by atoms with E-state index in [1.165, 1.54) is 24.0 Å². The minimum atomic E-state index is -4.79. The zero-order valence-electron chi connectivity index (χ0n) is 15.0. The van der Waals surface area contributed by atoms with Gasteiger partial charge in [0.15, 0.2) is 0 Å². The van der Waals surface area contributed by atoms with Gasteiger partial charge in [-0.3, -0.25) is 4.79 Å². The van der Waals surface area contributed by atoms with E-state index in [9.17, 15) is 32.7 Å². The minimum Gasteiger partial charge on any atom is -0.390 e. The van der Waals surface area contributed by atoms with Crippen LogP contribution in [-0.2, 0) is 11.0 Å². The first-order valence-electron chi connectivity index (χ1n) is 8.48. The number of nitriles is 1. The molecule has 152 valence electrons. The summed E-state index contributed by atoms with van der Waals surface area (Å²) >= 11 is 0. The van der Waals surface area contributed by atoms with E-state index < -0.39 is 41.2 Å². The number of rotatable bonds is 3. The molecule has 0 aromatic carbocycles. The van der Waals surface area contributed by atoms with Gasteiger partial charge in [-0.1, -0.05) is 0 Å². The molecule has 2 atom stereocenters. The van der Waals surface area contributed by atoms with Gasteiger partial charge in [0.05, 0.1) is 17.9 Å². The van der Waals surface area contributed by atoms with Crippen molar-refractivity contribution in [2.75, 3.05) is 16.8 Å². The van der Waals surface area contributed by atoms with Crippen molar-refractivity contribution in [1.82, 2.24) is 9.97 Å². The number of carbonyl (C=O) groups excluding carboxylic acids is 1. The van der Waals surface area contributed by atoms with Crippen LogP contribution in [-0.4, -0.2) is 39.7 Å². The smallest absolute Gasteiger partial charge is 0.390 e. The lowest BCUT2D eigenvalue weighted by atomic mass is 10.1. The highest BCUT2D eigenvalue weighted by Crippen LogP contribution is 2.37. The summed E-state index contributed by atoms with van der Waals surface area (Å²) in [4.78, 5) is 21.6. The molecule has 3 rings (SSSR count). The highest BCUT2D eigenvalue weighted by molar-refractivity contribution is 5.97. The third kappa shape index (κ3) is 4.12. The standard InChI is InChI=1S/C18H15F4N5O2/c1-9-6-12(18(20,21)22)11(7-23)16(25-9)27-5-4-13(28)15(27)17(29)26-14-3-2-10(19)8-24-14/h2-3,6,8,13,15,28H,4-5H2,1H3,(H,24,26,29)/t13-,15-/m0/s1. The largest absolute Gasteiger partial charge is 0.417 e. The second-order valence-electron chi connectivity index (χ2n) is 6.46. The summed E-state index contributed by atoms with van der Waals surface area (Å²) in [6, 6.07) is 3.24. The molecule has 2 aromatic heterocycles. The van der Waals surface area contributed by atoms with Crippen molar-refractivity contribution in [2.45, 2.75) is 31.7 Å². The monoisotopic (exact) mass is 409 g/mol. The van der Waals surface area contributed by atoms with Gasteiger partial charge in [0, 0.05) is 12.2 Å². The first-order valence-corrected chi connectivity index (χ1v) is 8.48. The van der Waals surface area contributed by atoms with E-state index in [0.29, 0.717) is 0 Å². The molecule has 1 fully saturated rings. The Bertz CT molecular complexity index is 972. The number of pyridine rings is 2. The van der Waals surface area contributed by atoms with Crippen molar-refractivity contribution in [3.8, 4) is 6.07 Å². The molecule has 1 amide bonds. The molecule has 1 saturated heterocycles. The topological polar surface area (TPSA) is 102 Å². The molecule has 0 spiro atoms. The van der Waals surface area contributed by atoms with E-state index in [1.54, 1.807) is 0 Å². The van der Waals surface area contributed by atoms with Crippen LogP contribution in [0.2, 0.25) is 0 Å². The highest BCUT2D eigenvalue weighted by atomic mass is 19.4. The Morgan fingerprint density at radius 2 is 2.14 bits per heavy atom. The molecule has 0 unspecified atom stereocenters.